The highest BCUT2D eigenvalue weighted by atomic mass is 35.5. The van der Waals surface area contributed by atoms with Crippen LogP contribution in [0.5, 0.6) is 5.75 Å². The fourth-order valence-corrected chi connectivity index (χ4v) is 1.74. The molecule has 1 rings (SSSR count). The molecule has 0 bridgehead atoms. The molecule has 4 nitrogen and oxygen atoms in total. The first-order chi connectivity index (χ1) is 9.02. The molecule has 2 N–H and O–H groups in total. The summed E-state index contributed by atoms with van der Waals surface area (Å²) in [5.74, 6) is 0.671. The van der Waals surface area contributed by atoms with E-state index >= 15 is 0 Å². The van der Waals surface area contributed by atoms with Crippen molar-refractivity contribution in [3.8, 4) is 5.75 Å². The second-order valence-electron chi connectivity index (χ2n) is 4.09. The van der Waals surface area contributed by atoms with Gasteiger partial charge in [-0.3, -0.25) is 5.43 Å². The quantitative estimate of drug-likeness (QED) is 0.498. The van der Waals surface area contributed by atoms with Gasteiger partial charge in [-0.05, 0) is 56.8 Å². The molecule has 0 heterocycles. The van der Waals surface area contributed by atoms with Gasteiger partial charge in [-0.1, -0.05) is 11.6 Å². The number of hydrogen-bond donors (Lipinski definition) is 2. The average molecular weight is 300 g/mol. The number of thiocarbonyl (C=S) groups is 1. The zero-order valence-electron chi connectivity index (χ0n) is 11.2. The molecule has 0 saturated carbocycles. The highest BCUT2D eigenvalue weighted by Crippen LogP contribution is 2.25. The van der Waals surface area contributed by atoms with Crippen molar-refractivity contribution in [3.63, 3.8) is 0 Å². The van der Waals surface area contributed by atoms with Gasteiger partial charge in [0.1, 0.15) is 5.75 Å². The summed E-state index contributed by atoms with van der Waals surface area (Å²) >= 11 is 11.1. The van der Waals surface area contributed by atoms with E-state index < -0.39 is 0 Å². The number of benzene rings is 1. The summed E-state index contributed by atoms with van der Waals surface area (Å²) in [6.45, 7) is 6.63. The first kappa shape index (κ1) is 15.7. The predicted molar refractivity (Wildman–Crippen MR) is 84.2 cm³/mol. The van der Waals surface area contributed by atoms with Crippen LogP contribution >= 0.6 is 23.8 Å². The van der Waals surface area contributed by atoms with Crippen LogP contribution in [-0.4, -0.2) is 24.0 Å². The Hall–Kier alpha value is -1.33. The Morgan fingerprint density at radius 1 is 1.53 bits per heavy atom. The number of rotatable bonds is 5. The summed E-state index contributed by atoms with van der Waals surface area (Å²) in [6, 6.07) is 5.50. The van der Waals surface area contributed by atoms with E-state index in [0.717, 1.165) is 12.1 Å². The molecule has 0 aliphatic rings. The molecule has 6 heteroatoms. The number of ether oxygens (including phenoxy) is 1. The second-order valence-corrected chi connectivity index (χ2v) is 4.90. The molecular weight excluding hydrogens is 282 g/mol. The molecule has 0 radical (unpaired) electrons. The molecule has 0 atom stereocenters. The average Bonchev–Trinajstić information content (AvgIpc) is 2.32. The van der Waals surface area contributed by atoms with Crippen LogP contribution in [-0.2, 0) is 0 Å². The van der Waals surface area contributed by atoms with Crippen LogP contribution < -0.4 is 15.5 Å². The van der Waals surface area contributed by atoms with Crippen LogP contribution in [0.3, 0.4) is 0 Å². The van der Waals surface area contributed by atoms with Gasteiger partial charge < -0.3 is 10.1 Å². The van der Waals surface area contributed by atoms with E-state index in [2.05, 4.69) is 15.8 Å². The lowest BCUT2D eigenvalue weighted by atomic mass is 10.2. The molecule has 0 aliphatic heterocycles. The summed E-state index contributed by atoms with van der Waals surface area (Å²) in [4.78, 5) is 0. The molecule has 0 fully saturated rings. The Morgan fingerprint density at radius 3 is 2.84 bits per heavy atom. The van der Waals surface area contributed by atoms with Crippen LogP contribution in [0.4, 0.5) is 0 Å². The fraction of sp³-hybridized carbons (Fsp3) is 0.385. The lowest BCUT2D eigenvalue weighted by Crippen LogP contribution is -2.31. The van der Waals surface area contributed by atoms with E-state index in [0.29, 0.717) is 15.9 Å². The maximum absolute atomic E-state index is 6.12. The molecule has 104 valence electrons. The molecular formula is C13H18ClN3OS. The van der Waals surface area contributed by atoms with Gasteiger partial charge in [0.2, 0.25) is 0 Å². The van der Waals surface area contributed by atoms with Gasteiger partial charge in [-0.15, -0.1) is 0 Å². The molecule has 0 unspecified atom stereocenters. The van der Waals surface area contributed by atoms with Gasteiger partial charge in [0, 0.05) is 6.54 Å². The van der Waals surface area contributed by atoms with Gasteiger partial charge in [0.15, 0.2) is 5.11 Å². The van der Waals surface area contributed by atoms with Crippen molar-refractivity contribution < 1.29 is 4.74 Å². The standard InChI is InChI=1S/C13H18ClN3OS/c1-4-15-13(19)17-16-8-10-5-6-12(11(14)7-10)18-9(2)3/h5-9H,4H2,1-3H3,(H2,15,17,19)/b16-8+. The van der Waals surface area contributed by atoms with Crippen LogP contribution in [0.15, 0.2) is 23.3 Å². The van der Waals surface area contributed by atoms with E-state index in [1.54, 1.807) is 12.3 Å². The molecule has 0 amide bonds. The van der Waals surface area contributed by atoms with Crippen molar-refractivity contribution >= 4 is 35.1 Å². The van der Waals surface area contributed by atoms with Crippen molar-refractivity contribution in [2.24, 2.45) is 5.10 Å². The Morgan fingerprint density at radius 2 is 2.26 bits per heavy atom. The second kappa shape index (κ2) is 7.96. The number of hydrogen-bond acceptors (Lipinski definition) is 3. The Balaban J connectivity index is 2.63. The number of nitrogens with one attached hydrogen (secondary N) is 2. The molecule has 1 aromatic rings. The van der Waals surface area contributed by atoms with Crippen LogP contribution in [0.2, 0.25) is 5.02 Å². The largest absolute Gasteiger partial charge is 0.489 e. The summed E-state index contributed by atoms with van der Waals surface area (Å²) in [5, 5.41) is 8.00. The minimum absolute atomic E-state index is 0.0937. The van der Waals surface area contributed by atoms with E-state index in [1.807, 2.05) is 32.9 Å². The minimum Gasteiger partial charge on any atom is -0.489 e. The van der Waals surface area contributed by atoms with Gasteiger partial charge in [-0.2, -0.15) is 5.10 Å². The summed E-state index contributed by atoms with van der Waals surface area (Å²) in [5.41, 5.74) is 3.58. The third-order valence-corrected chi connectivity index (χ3v) is 2.57. The summed E-state index contributed by atoms with van der Waals surface area (Å²) in [7, 11) is 0. The maximum Gasteiger partial charge on any atom is 0.186 e. The minimum atomic E-state index is 0.0937. The third-order valence-electron chi connectivity index (χ3n) is 2.04. The maximum atomic E-state index is 6.12. The Labute approximate surface area is 124 Å². The number of hydrazone groups is 1. The molecule has 0 aliphatic carbocycles. The normalized spacial score (nSPS) is 10.8. The highest BCUT2D eigenvalue weighted by Gasteiger charge is 2.04. The van der Waals surface area contributed by atoms with Crippen LogP contribution in [0.25, 0.3) is 0 Å². The van der Waals surface area contributed by atoms with Gasteiger partial charge in [-0.25, -0.2) is 0 Å². The van der Waals surface area contributed by atoms with Gasteiger partial charge in [0.05, 0.1) is 17.3 Å². The van der Waals surface area contributed by atoms with Crippen LogP contribution in [0.1, 0.15) is 26.3 Å². The zero-order valence-corrected chi connectivity index (χ0v) is 12.8. The molecule has 19 heavy (non-hydrogen) atoms. The van der Waals surface area contributed by atoms with Crippen molar-refractivity contribution in [2.45, 2.75) is 26.9 Å². The molecule has 0 spiro atoms. The first-order valence-electron chi connectivity index (χ1n) is 6.06. The smallest absolute Gasteiger partial charge is 0.186 e. The van der Waals surface area contributed by atoms with E-state index in [1.165, 1.54) is 0 Å². The topological polar surface area (TPSA) is 45.7 Å². The SMILES string of the molecule is CCNC(=S)N/N=C/c1ccc(OC(C)C)c(Cl)c1. The Bertz CT molecular complexity index is 463. The summed E-state index contributed by atoms with van der Waals surface area (Å²) in [6.07, 6.45) is 1.74. The third kappa shape index (κ3) is 5.89. The molecule has 1 aromatic carbocycles. The predicted octanol–water partition coefficient (Wildman–Crippen LogP) is 2.95. The highest BCUT2D eigenvalue weighted by molar-refractivity contribution is 7.80. The van der Waals surface area contributed by atoms with Crippen LogP contribution in [0, 0.1) is 0 Å². The van der Waals surface area contributed by atoms with Gasteiger partial charge >= 0.3 is 0 Å². The monoisotopic (exact) mass is 299 g/mol. The van der Waals surface area contributed by atoms with E-state index in [-0.39, 0.29) is 6.10 Å². The fourth-order valence-electron chi connectivity index (χ4n) is 1.31. The number of nitrogens with zero attached hydrogens (tertiary/aromatic N) is 1. The lowest BCUT2D eigenvalue weighted by Gasteiger charge is -2.11. The summed E-state index contributed by atoms with van der Waals surface area (Å²) < 4.78 is 5.55. The van der Waals surface area contributed by atoms with E-state index in [4.69, 9.17) is 28.6 Å². The van der Waals surface area contributed by atoms with Crippen molar-refractivity contribution in [2.75, 3.05) is 6.54 Å². The Kier molecular flexibility index (Phi) is 6.59. The lowest BCUT2D eigenvalue weighted by molar-refractivity contribution is 0.242. The van der Waals surface area contributed by atoms with Crippen molar-refractivity contribution in [1.29, 1.82) is 0 Å². The molecule has 0 saturated heterocycles. The van der Waals surface area contributed by atoms with Crippen molar-refractivity contribution in [1.82, 2.24) is 10.7 Å². The van der Waals surface area contributed by atoms with E-state index in [9.17, 15) is 0 Å². The van der Waals surface area contributed by atoms with Gasteiger partial charge in [0.25, 0.3) is 0 Å². The first-order valence-corrected chi connectivity index (χ1v) is 6.84. The molecule has 0 aromatic heterocycles. The zero-order chi connectivity index (χ0) is 14.3. The van der Waals surface area contributed by atoms with Crippen molar-refractivity contribution in [3.05, 3.63) is 28.8 Å². The number of halogens is 1.